The van der Waals surface area contributed by atoms with Gasteiger partial charge in [0, 0.05) is 31.9 Å². The maximum atomic E-state index is 11.4. The van der Waals surface area contributed by atoms with Crippen molar-refractivity contribution in [1.82, 2.24) is 4.90 Å². The van der Waals surface area contributed by atoms with E-state index >= 15 is 0 Å². The van der Waals surface area contributed by atoms with E-state index in [1.807, 2.05) is 32.0 Å². The number of piperazine rings is 1. The van der Waals surface area contributed by atoms with E-state index < -0.39 is 11.5 Å². The Labute approximate surface area is 114 Å². The molecule has 0 saturated carbocycles. The van der Waals surface area contributed by atoms with Gasteiger partial charge in [-0.25, -0.2) is 0 Å². The molecule has 0 bridgehead atoms. The van der Waals surface area contributed by atoms with Gasteiger partial charge in [0.2, 0.25) is 0 Å². The quantitative estimate of drug-likeness (QED) is 0.902. The molecule has 4 nitrogen and oxygen atoms in total. The maximum Gasteiger partial charge on any atom is 0.323 e. The lowest BCUT2D eigenvalue weighted by atomic mass is 9.95. The van der Waals surface area contributed by atoms with Crippen LogP contribution in [0.2, 0.25) is 0 Å². The van der Waals surface area contributed by atoms with E-state index in [4.69, 9.17) is 0 Å². The van der Waals surface area contributed by atoms with Crippen molar-refractivity contribution in [2.75, 3.05) is 31.1 Å². The fourth-order valence-electron chi connectivity index (χ4n) is 2.61. The van der Waals surface area contributed by atoms with Gasteiger partial charge in [-0.3, -0.25) is 9.69 Å². The fourth-order valence-corrected chi connectivity index (χ4v) is 2.61. The first-order chi connectivity index (χ1) is 9.08. The van der Waals surface area contributed by atoms with Crippen LogP contribution in [0.3, 0.4) is 0 Å². The van der Waals surface area contributed by atoms with E-state index in [2.05, 4.69) is 21.9 Å². The molecule has 0 aliphatic carbocycles. The molecular weight excluding hydrogens is 240 g/mol. The van der Waals surface area contributed by atoms with Crippen LogP contribution >= 0.6 is 0 Å². The predicted molar refractivity (Wildman–Crippen MR) is 76.6 cm³/mol. The molecule has 1 saturated heterocycles. The van der Waals surface area contributed by atoms with E-state index in [1.54, 1.807) is 0 Å². The summed E-state index contributed by atoms with van der Waals surface area (Å²) in [6, 6.07) is 10.3. The molecule has 0 radical (unpaired) electrons. The van der Waals surface area contributed by atoms with Gasteiger partial charge >= 0.3 is 5.97 Å². The third-order valence-corrected chi connectivity index (χ3v) is 4.25. The Hall–Kier alpha value is -1.55. The lowest BCUT2D eigenvalue weighted by molar-refractivity contribution is -0.151. The minimum atomic E-state index is -0.733. The summed E-state index contributed by atoms with van der Waals surface area (Å²) in [5, 5.41) is 9.41. The second kappa shape index (κ2) is 5.61. The molecule has 2 rings (SSSR count). The molecule has 4 heteroatoms. The minimum absolute atomic E-state index is 0.633. The first-order valence-electron chi connectivity index (χ1n) is 6.86. The molecule has 1 aliphatic rings. The Balaban J connectivity index is 2.01. The average Bonchev–Trinajstić information content (AvgIpc) is 2.47. The van der Waals surface area contributed by atoms with Crippen molar-refractivity contribution in [1.29, 1.82) is 0 Å². The first-order valence-corrected chi connectivity index (χ1v) is 6.86. The monoisotopic (exact) mass is 262 g/mol. The summed E-state index contributed by atoms with van der Waals surface area (Å²) in [6.45, 7) is 7.13. The second-order valence-corrected chi connectivity index (χ2v) is 5.24. The molecule has 0 aromatic heterocycles. The van der Waals surface area contributed by atoms with Crippen molar-refractivity contribution in [2.24, 2.45) is 0 Å². The Morgan fingerprint density at radius 1 is 1.21 bits per heavy atom. The van der Waals surface area contributed by atoms with Crippen LogP contribution in [0.15, 0.2) is 30.3 Å². The highest BCUT2D eigenvalue weighted by molar-refractivity contribution is 5.78. The number of carbonyl (C=O) groups is 1. The van der Waals surface area contributed by atoms with Gasteiger partial charge in [-0.1, -0.05) is 25.1 Å². The highest BCUT2D eigenvalue weighted by atomic mass is 16.4. The second-order valence-electron chi connectivity index (χ2n) is 5.24. The third kappa shape index (κ3) is 2.73. The summed E-state index contributed by atoms with van der Waals surface area (Å²) >= 11 is 0. The third-order valence-electron chi connectivity index (χ3n) is 4.25. The minimum Gasteiger partial charge on any atom is -0.480 e. The van der Waals surface area contributed by atoms with Crippen LogP contribution in [0.25, 0.3) is 0 Å². The molecule has 104 valence electrons. The molecule has 1 N–H and O–H groups in total. The SMILES string of the molecule is CC[C@](C)(C(=O)O)N1CCN(c2ccccc2)CC1. The van der Waals surface area contributed by atoms with Crippen LogP contribution in [0.1, 0.15) is 20.3 Å². The van der Waals surface area contributed by atoms with E-state index in [0.29, 0.717) is 6.42 Å². The van der Waals surface area contributed by atoms with Crippen LogP contribution in [0.5, 0.6) is 0 Å². The van der Waals surface area contributed by atoms with Crippen LogP contribution in [-0.2, 0) is 4.79 Å². The molecule has 1 heterocycles. The number of hydrogen-bond acceptors (Lipinski definition) is 3. The van der Waals surface area contributed by atoms with Crippen molar-refractivity contribution in [3.8, 4) is 0 Å². The molecule has 0 unspecified atom stereocenters. The van der Waals surface area contributed by atoms with Crippen molar-refractivity contribution in [3.63, 3.8) is 0 Å². The highest BCUT2D eigenvalue weighted by Gasteiger charge is 2.39. The number of benzene rings is 1. The van der Waals surface area contributed by atoms with E-state index in [-0.39, 0.29) is 0 Å². The number of rotatable bonds is 4. The van der Waals surface area contributed by atoms with Gasteiger partial charge in [0.1, 0.15) is 5.54 Å². The van der Waals surface area contributed by atoms with Crippen molar-refractivity contribution < 1.29 is 9.90 Å². The number of hydrogen-bond donors (Lipinski definition) is 1. The standard InChI is InChI=1S/C15H22N2O2/c1-3-15(2,14(18)19)17-11-9-16(10-12-17)13-7-5-4-6-8-13/h4-8H,3,9-12H2,1-2H3,(H,18,19)/t15-/m1/s1. The number of carboxylic acids is 1. The summed E-state index contributed by atoms with van der Waals surface area (Å²) < 4.78 is 0. The van der Waals surface area contributed by atoms with E-state index in [1.165, 1.54) is 5.69 Å². The van der Waals surface area contributed by atoms with Gasteiger partial charge in [-0.15, -0.1) is 0 Å². The van der Waals surface area contributed by atoms with Gasteiger partial charge in [0.25, 0.3) is 0 Å². The Bertz CT molecular complexity index is 427. The normalized spacial score (nSPS) is 20.0. The van der Waals surface area contributed by atoms with Crippen LogP contribution < -0.4 is 4.90 Å². The number of aliphatic carboxylic acids is 1. The Morgan fingerprint density at radius 3 is 2.26 bits per heavy atom. The van der Waals surface area contributed by atoms with Gasteiger partial charge in [0.15, 0.2) is 0 Å². The molecular formula is C15H22N2O2. The zero-order valence-electron chi connectivity index (χ0n) is 11.7. The van der Waals surface area contributed by atoms with E-state index in [0.717, 1.165) is 26.2 Å². The molecule has 19 heavy (non-hydrogen) atoms. The Kier molecular flexibility index (Phi) is 4.10. The van der Waals surface area contributed by atoms with Crippen molar-refractivity contribution >= 4 is 11.7 Å². The largest absolute Gasteiger partial charge is 0.480 e. The summed E-state index contributed by atoms with van der Waals surface area (Å²) in [4.78, 5) is 15.9. The molecule has 1 aromatic rings. The van der Waals surface area contributed by atoms with Crippen molar-refractivity contribution in [2.45, 2.75) is 25.8 Å². The summed E-state index contributed by atoms with van der Waals surface area (Å²) in [7, 11) is 0. The number of carboxylic acid groups (broad SMARTS) is 1. The first kappa shape index (κ1) is 13.9. The summed E-state index contributed by atoms with van der Waals surface area (Å²) in [5.41, 5.74) is 0.485. The number of anilines is 1. The highest BCUT2D eigenvalue weighted by Crippen LogP contribution is 2.23. The molecule has 0 spiro atoms. The Morgan fingerprint density at radius 2 is 1.79 bits per heavy atom. The molecule has 1 aliphatic heterocycles. The molecule has 1 atom stereocenters. The lowest BCUT2D eigenvalue weighted by Crippen LogP contribution is -2.59. The topological polar surface area (TPSA) is 43.8 Å². The average molecular weight is 262 g/mol. The van der Waals surface area contributed by atoms with Crippen LogP contribution in [0.4, 0.5) is 5.69 Å². The van der Waals surface area contributed by atoms with Crippen LogP contribution in [-0.4, -0.2) is 47.7 Å². The fraction of sp³-hybridized carbons (Fsp3) is 0.533. The lowest BCUT2D eigenvalue weighted by Gasteiger charge is -2.43. The number of nitrogens with zero attached hydrogens (tertiary/aromatic N) is 2. The smallest absolute Gasteiger partial charge is 0.323 e. The predicted octanol–water partition coefficient (Wildman–Crippen LogP) is 2.06. The molecule has 0 amide bonds. The van der Waals surface area contributed by atoms with Crippen molar-refractivity contribution in [3.05, 3.63) is 30.3 Å². The van der Waals surface area contributed by atoms with Gasteiger partial charge in [-0.05, 0) is 25.5 Å². The van der Waals surface area contributed by atoms with Gasteiger partial charge < -0.3 is 10.0 Å². The van der Waals surface area contributed by atoms with Gasteiger partial charge in [0.05, 0.1) is 0 Å². The zero-order chi connectivity index (χ0) is 13.9. The summed E-state index contributed by atoms with van der Waals surface area (Å²) in [5.74, 6) is -0.719. The van der Waals surface area contributed by atoms with Gasteiger partial charge in [-0.2, -0.15) is 0 Å². The zero-order valence-corrected chi connectivity index (χ0v) is 11.7. The number of para-hydroxylation sites is 1. The van der Waals surface area contributed by atoms with E-state index in [9.17, 15) is 9.90 Å². The molecule has 1 fully saturated rings. The van der Waals surface area contributed by atoms with Crippen LogP contribution in [0, 0.1) is 0 Å². The maximum absolute atomic E-state index is 11.4. The molecule has 1 aromatic carbocycles. The summed E-state index contributed by atoms with van der Waals surface area (Å²) in [6.07, 6.45) is 0.633.